The number of hydrogen-bond donors (Lipinski definition) is 2. The molecule has 0 amide bonds. The molecule has 2 rings (SSSR count). The molecule has 20 heavy (non-hydrogen) atoms. The van der Waals surface area contributed by atoms with E-state index in [2.05, 4.69) is 28.9 Å². The molecule has 2 heterocycles. The molecule has 1 saturated heterocycles. The van der Waals surface area contributed by atoms with E-state index in [-0.39, 0.29) is 0 Å². The maximum absolute atomic E-state index is 5.80. The molecular weight excluding hydrogens is 250 g/mol. The molecule has 1 fully saturated rings. The van der Waals surface area contributed by atoms with Crippen LogP contribution in [-0.4, -0.2) is 34.8 Å². The zero-order chi connectivity index (χ0) is 14.4. The fourth-order valence-electron chi connectivity index (χ4n) is 3.14. The molecule has 1 atom stereocenters. The zero-order valence-corrected chi connectivity index (χ0v) is 12.9. The highest BCUT2D eigenvalue weighted by Gasteiger charge is 2.23. The summed E-state index contributed by atoms with van der Waals surface area (Å²) in [6.45, 7) is 7.29. The zero-order valence-electron chi connectivity index (χ0n) is 12.9. The Morgan fingerprint density at radius 3 is 2.75 bits per heavy atom. The lowest BCUT2D eigenvalue weighted by atomic mass is 9.98. The molecule has 3 N–H and O–H groups in total. The minimum absolute atomic E-state index is 0.529. The van der Waals surface area contributed by atoms with Crippen molar-refractivity contribution in [1.29, 1.82) is 0 Å². The summed E-state index contributed by atoms with van der Waals surface area (Å²) in [5, 5.41) is 7.61. The molecule has 0 spiro atoms. The van der Waals surface area contributed by atoms with E-state index in [0.29, 0.717) is 11.8 Å². The van der Waals surface area contributed by atoms with Crippen LogP contribution in [0.25, 0.3) is 0 Å². The smallest absolute Gasteiger partial charge is 0.244 e. The largest absolute Gasteiger partial charge is 0.339 e. The molecular formula is C15H29N5. The number of nitrogens with zero attached hydrogens (tertiary/aromatic N) is 3. The Hall–Kier alpha value is -1.10. The predicted molar refractivity (Wildman–Crippen MR) is 82.9 cm³/mol. The van der Waals surface area contributed by atoms with Crippen LogP contribution in [0.5, 0.6) is 0 Å². The average molecular weight is 279 g/mol. The van der Waals surface area contributed by atoms with Gasteiger partial charge in [-0.25, -0.2) is 0 Å². The highest BCUT2D eigenvalue weighted by molar-refractivity contribution is 5.30. The summed E-state index contributed by atoms with van der Waals surface area (Å²) in [5.74, 6) is 3.06. The maximum Gasteiger partial charge on any atom is 0.244 e. The molecule has 0 aliphatic carbocycles. The Bertz CT molecular complexity index is 383. The van der Waals surface area contributed by atoms with E-state index < -0.39 is 0 Å². The molecule has 1 aromatic heterocycles. The van der Waals surface area contributed by atoms with Crippen LogP contribution < -0.4 is 10.6 Å². The summed E-state index contributed by atoms with van der Waals surface area (Å²) in [4.78, 5) is 7.05. The van der Waals surface area contributed by atoms with Gasteiger partial charge in [-0.05, 0) is 38.1 Å². The van der Waals surface area contributed by atoms with Crippen molar-refractivity contribution in [2.24, 2.45) is 11.7 Å². The fourth-order valence-corrected chi connectivity index (χ4v) is 3.14. The van der Waals surface area contributed by atoms with Crippen LogP contribution in [-0.2, 0) is 0 Å². The first-order chi connectivity index (χ1) is 9.78. The predicted octanol–water partition coefficient (Wildman–Crippen LogP) is 2.66. The van der Waals surface area contributed by atoms with Crippen LogP contribution in [0.2, 0.25) is 0 Å². The van der Waals surface area contributed by atoms with E-state index in [1.807, 2.05) is 0 Å². The van der Waals surface area contributed by atoms with E-state index in [1.165, 1.54) is 38.5 Å². The van der Waals surface area contributed by atoms with Gasteiger partial charge in [-0.2, -0.15) is 4.98 Å². The molecule has 1 unspecified atom stereocenters. The van der Waals surface area contributed by atoms with Gasteiger partial charge in [0.15, 0.2) is 0 Å². The van der Waals surface area contributed by atoms with Crippen LogP contribution in [0.15, 0.2) is 0 Å². The van der Waals surface area contributed by atoms with Crippen LogP contribution in [0.3, 0.4) is 0 Å². The van der Waals surface area contributed by atoms with E-state index in [4.69, 9.17) is 10.7 Å². The van der Waals surface area contributed by atoms with Gasteiger partial charge >= 0.3 is 0 Å². The van der Waals surface area contributed by atoms with E-state index in [9.17, 15) is 0 Å². The van der Waals surface area contributed by atoms with Crippen LogP contribution in [0.4, 0.5) is 5.95 Å². The Morgan fingerprint density at radius 1 is 1.35 bits per heavy atom. The number of piperidine rings is 1. The molecule has 5 heteroatoms. The summed E-state index contributed by atoms with van der Waals surface area (Å²) in [6, 6.07) is 0. The van der Waals surface area contributed by atoms with Crippen molar-refractivity contribution in [3.63, 3.8) is 0 Å². The Labute approximate surface area is 122 Å². The van der Waals surface area contributed by atoms with Crippen molar-refractivity contribution < 1.29 is 0 Å². The van der Waals surface area contributed by atoms with Crippen molar-refractivity contribution in [2.75, 3.05) is 24.5 Å². The van der Waals surface area contributed by atoms with Crippen molar-refractivity contribution in [2.45, 2.75) is 58.3 Å². The van der Waals surface area contributed by atoms with Crippen molar-refractivity contribution >= 4 is 5.95 Å². The number of anilines is 1. The van der Waals surface area contributed by atoms with Gasteiger partial charge in [0.2, 0.25) is 5.95 Å². The van der Waals surface area contributed by atoms with Crippen molar-refractivity contribution in [3.8, 4) is 0 Å². The summed E-state index contributed by atoms with van der Waals surface area (Å²) in [6.07, 6.45) is 7.19. The standard InChI is InChI=1S/C15H29N5/c1-3-6-13(7-4-2)14-17-15(19-18-14)20-9-5-8-12(10-16)11-20/h12-13H,3-11,16H2,1-2H3,(H,17,18,19). The van der Waals surface area contributed by atoms with Gasteiger partial charge in [-0.3, -0.25) is 5.10 Å². The minimum Gasteiger partial charge on any atom is -0.339 e. The third kappa shape index (κ3) is 3.72. The number of aromatic amines is 1. The normalized spacial score (nSPS) is 19.8. The Balaban J connectivity index is 2.03. The van der Waals surface area contributed by atoms with Crippen LogP contribution in [0.1, 0.15) is 64.1 Å². The molecule has 114 valence electrons. The number of H-pyrrole nitrogens is 1. The van der Waals surface area contributed by atoms with Gasteiger partial charge in [0, 0.05) is 19.0 Å². The van der Waals surface area contributed by atoms with Crippen molar-refractivity contribution in [3.05, 3.63) is 5.82 Å². The third-order valence-corrected chi connectivity index (χ3v) is 4.29. The lowest BCUT2D eigenvalue weighted by molar-refractivity contribution is 0.419. The Morgan fingerprint density at radius 2 is 2.10 bits per heavy atom. The van der Waals surface area contributed by atoms with Gasteiger partial charge in [-0.1, -0.05) is 26.7 Å². The molecule has 0 saturated carbocycles. The molecule has 0 bridgehead atoms. The second-order valence-electron chi connectivity index (χ2n) is 5.98. The van der Waals surface area contributed by atoms with E-state index in [1.54, 1.807) is 0 Å². The van der Waals surface area contributed by atoms with Crippen molar-refractivity contribution in [1.82, 2.24) is 15.2 Å². The van der Waals surface area contributed by atoms with E-state index >= 15 is 0 Å². The van der Waals surface area contributed by atoms with Gasteiger partial charge < -0.3 is 10.6 Å². The average Bonchev–Trinajstić information content (AvgIpc) is 2.97. The fraction of sp³-hybridized carbons (Fsp3) is 0.867. The number of nitrogens with two attached hydrogens (primary N) is 1. The number of aromatic nitrogens is 3. The highest BCUT2D eigenvalue weighted by Crippen LogP contribution is 2.26. The third-order valence-electron chi connectivity index (χ3n) is 4.29. The summed E-state index contributed by atoms with van der Waals surface area (Å²) in [7, 11) is 0. The molecule has 0 aromatic carbocycles. The molecule has 1 aliphatic heterocycles. The molecule has 1 aliphatic rings. The minimum atomic E-state index is 0.529. The highest BCUT2D eigenvalue weighted by atomic mass is 15.4. The summed E-state index contributed by atoms with van der Waals surface area (Å²) in [5.41, 5.74) is 5.80. The number of nitrogens with one attached hydrogen (secondary N) is 1. The quantitative estimate of drug-likeness (QED) is 0.805. The van der Waals surface area contributed by atoms with Gasteiger partial charge in [0.05, 0.1) is 0 Å². The molecule has 0 radical (unpaired) electrons. The second-order valence-corrected chi connectivity index (χ2v) is 5.98. The van der Waals surface area contributed by atoms with Gasteiger partial charge in [0.1, 0.15) is 5.82 Å². The first-order valence-electron chi connectivity index (χ1n) is 8.15. The monoisotopic (exact) mass is 279 g/mol. The Kier molecular flexibility index (Phi) is 5.83. The second kappa shape index (κ2) is 7.62. The first-order valence-corrected chi connectivity index (χ1v) is 8.15. The van der Waals surface area contributed by atoms with E-state index in [0.717, 1.165) is 31.4 Å². The van der Waals surface area contributed by atoms with Gasteiger partial charge in [-0.15, -0.1) is 5.10 Å². The topological polar surface area (TPSA) is 70.8 Å². The lowest BCUT2D eigenvalue weighted by Crippen LogP contribution is -2.39. The molecule has 5 nitrogen and oxygen atoms in total. The molecule has 1 aromatic rings. The van der Waals surface area contributed by atoms with Gasteiger partial charge in [0.25, 0.3) is 0 Å². The maximum atomic E-state index is 5.80. The first kappa shape index (κ1) is 15.3. The SMILES string of the molecule is CCCC(CCC)c1nc(N2CCCC(CN)C2)n[nH]1. The summed E-state index contributed by atoms with van der Waals surface area (Å²) < 4.78 is 0. The number of rotatable bonds is 7. The lowest BCUT2D eigenvalue weighted by Gasteiger charge is -2.31. The number of hydrogen-bond acceptors (Lipinski definition) is 4. The van der Waals surface area contributed by atoms with Crippen LogP contribution in [0, 0.1) is 5.92 Å². The summed E-state index contributed by atoms with van der Waals surface area (Å²) >= 11 is 0. The van der Waals surface area contributed by atoms with Crippen LogP contribution >= 0.6 is 0 Å².